The molecule has 26 heavy (non-hydrogen) atoms. The molecule has 0 aliphatic carbocycles. The van der Waals surface area contributed by atoms with Crippen LogP contribution in [0, 0.1) is 11.8 Å². The lowest BCUT2D eigenvalue weighted by molar-refractivity contribution is -0.148. The predicted molar refractivity (Wildman–Crippen MR) is 99.0 cm³/mol. The molecule has 6 heteroatoms. The zero-order chi connectivity index (χ0) is 18.5. The van der Waals surface area contributed by atoms with Crippen LogP contribution in [-0.4, -0.2) is 43.4 Å². The van der Waals surface area contributed by atoms with Crippen LogP contribution in [-0.2, 0) is 9.53 Å². The van der Waals surface area contributed by atoms with E-state index in [9.17, 15) is 9.90 Å². The van der Waals surface area contributed by atoms with E-state index in [1.54, 1.807) is 13.3 Å². The molecule has 140 valence electrons. The Bertz CT molecular complexity index is 765. The molecule has 1 unspecified atom stereocenters. The van der Waals surface area contributed by atoms with Crippen LogP contribution in [0.2, 0.25) is 0 Å². The van der Waals surface area contributed by atoms with Crippen LogP contribution >= 0.6 is 0 Å². The van der Waals surface area contributed by atoms with Gasteiger partial charge in [0.2, 0.25) is 0 Å². The first kappa shape index (κ1) is 18.6. The Labute approximate surface area is 153 Å². The van der Waals surface area contributed by atoms with Gasteiger partial charge in [0.15, 0.2) is 0 Å². The number of piperidine rings is 1. The van der Waals surface area contributed by atoms with Gasteiger partial charge in [0.1, 0.15) is 5.75 Å². The highest BCUT2D eigenvalue weighted by Gasteiger charge is 2.31. The molecule has 1 aliphatic rings. The second kappa shape index (κ2) is 8.47. The summed E-state index contributed by atoms with van der Waals surface area (Å²) in [4.78, 5) is 16.4. The molecular formula is C20H26N2O4. The largest absolute Gasteiger partial charge is 0.495 e. The van der Waals surface area contributed by atoms with E-state index in [4.69, 9.17) is 9.47 Å². The zero-order valence-electron chi connectivity index (χ0n) is 15.3. The number of benzene rings is 1. The topological polar surface area (TPSA) is 80.7 Å². The third kappa shape index (κ3) is 3.97. The normalized spacial score (nSPS) is 21.3. The van der Waals surface area contributed by atoms with E-state index in [0.717, 1.165) is 35.9 Å². The van der Waals surface area contributed by atoms with Crippen LogP contribution in [0.4, 0.5) is 0 Å². The summed E-state index contributed by atoms with van der Waals surface area (Å²) in [6.07, 6.45) is 3.34. The van der Waals surface area contributed by atoms with Crippen LogP contribution < -0.4 is 10.1 Å². The molecule has 2 heterocycles. The number of carbonyl (C=O) groups is 1. The van der Waals surface area contributed by atoms with Crippen LogP contribution in [0.1, 0.15) is 30.9 Å². The minimum absolute atomic E-state index is 0.143. The molecule has 1 saturated heterocycles. The first-order valence-corrected chi connectivity index (χ1v) is 9.03. The fraction of sp³-hybridized carbons (Fsp3) is 0.500. The number of rotatable bonds is 6. The lowest BCUT2D eigenvalue weighted by atomic mass is 9.82. The fourth-order valence-electron chi connectivity index (χ4n) is 3.77. The van der Waals surface area contributed by atoms with Crippen molar-refractivity contribution in [3.05, 3.63) is 36.0 Å². The number of hydrogen-bond acceptors (Lipinski definition) is 6. The Morgan fingerprint density at radius 3 is 3.04 bits per heavy atom. The molecule has 1 aliphatic heterocycles. The van der Waals surface area contributed by atoms with E-state index in [2.05, 4.69) is 10.3 Å². The third-order valence-corrected chi connectivity index (χ3v) is 5.27. The molecule has 2 aromatic rings. The molecule has 3 atom stereocenters. The SMILES string of the molecule is COC(=O)[C@H]1CNCC[C@H]1CCC(O)c1cccc2ncc(OC)cc12. The maximum Gasteiger partial charge on any atom is 0.310 e. The number of fused-ring (bicyclic) bond motifs is 1. The molecule has 3 rings (SSSR count). The number of nitrogens with zero attached hydrogens (tertiary/aromatic N) is 1. The summed E-state index contributed by atoms with van der Waals surface area (Å²) in [6.45, 7) is 1.53. The van der Waals surface area contributed by atoms with Crippen molar-refractivity contribution in [2.45, 2.75) is 25.4 Å². The van der Waals surface area contributed by atoms with Gasteiger partial charge in [0.25, 0.3) is 0 Å². The Hall–Kier alpha value is -2.18. The van der Waals surface area contributed by atoms with Crippen LogP contribution in [0.3, 0.4) is 0 Å². The summed E-state index contributed by atoms with van der Waals surface area (Å²) >= 11 is 0. The number of nitrogens with one attached hydrogen (secondary N) is 1. The maximum absolute atomic E-state index is 12.0. The standard InChI is InChI=1S/C20H26N2O4/c1-25-14-10-16-15(4-3-5-18(16)22-11-14)19(23)7-6-13-8-9-21-12-17(13)20(24)26-2/h3-5,10-11,13,17,19,21,23H,6-9,12H2,1-2H3/t13-,17+,19?/m1/s1. The zero-order valence-corrected chi connectivity index (χ0v) is 15.3. The van der Waals surface area contributed by atoms with Crippen LogP contribution in [0.15, 0.2) is 30.5 Å². The summed E-state index contributed by atoms with van der Waals surface area (Å²) in [5, 5.41) is 14.9. The highest BCUT2D eigenvalue weighted by Crippen LogP contribution is 2.32. The lowest BCUT2D eigenvalue weighted by Crippen LogP contribution is -2.41. The Kier molecular flexibility index (Phi) is 6.06. The monoisotopic (exact) mass is 358 g/mol. The maximum atomic E-state index is 12.0. The van der Waals surface area contributed by atoms with E-state index in [1.807, 2.05) is 24.3 Å². The molecule has 2 N–H and O–H groups in total. The molecular weight excluding hydrogens is 332 g/mol. The first-order valence-electron chi connectivity index (χ1n) is 9.03. The average molecular weight is 358 g/mol. The summed E-state index contributed by atoms with van der Waals surface area (Å²) in [6, 6.07) is 7.66. The molecule has 1 aromatic carbocycles. The Balaban J connectivity index is 1.74. The minimum Gasteiger partial charge on any atom is -0.495 e. The van der Waals surface area contributed by atoms with Crippen LogP contribution in [0.25, 0.3) is 10.9 Å². The average Bonchev–Trinajstić information content (AvgIpc) is 2.70. The highest BCUT2D eigenvalue weighted by molar-refractivity contribution is 5.83. The molecule has 0 bridgehead atoms. The summed E-state index contributed by atoms with van der Waals surface area (Å²) in [5.74, 6) is 0.577. The number of hydrogen-bond donors (Lipinski definition) is 2. The summed E-state index contributed by atoms with van der Waals surface area (Å²) in [5.41, 5.74) is 1.68. The predicted octanol–water partition coefficient (Wildman–Crippen LogP) is 2.46. The number of aliphatic hydroxyl groups excluding tert-OH is 1. The van der Waals surface area contributed by atoms with E-state index in [-0.39, 0.29) is 17.8 Å². The van der Waals surface area contributed by atoms with E-state index in [0.29, 0.717) is 18.7 Å². The number of esters is 1. The minimum atomic E-state index is -0.610. The number of carbonyl (C=O) groups excluding carboxylic acids is 1. The first-order chi connectivity index (χ1) is 12.6. The van der Waals surface area contributed by atoms with Gasteiger partial charge in [-0.25, -0.2) is 0 Å². The summed E-state index contributed by atoms with van der Waals surface area (Å²) < 4.78 is 10.2. The molecule has 0 radical (unpaired) electrons. The van der Waals surface area contributed by atoms with Gasteiger partial charge in [0, 0.05) is 11.9 Å². The van der Waals surface area contributed by atoms with E-state index < -0.39 is 6.10 Å². The fourth-order valence-corrected chi connectivity index (χ4v) is 3.77. The summed E-state index contributed by atoms with van der Waals surface area (Å²) in [7, 11) is 3.03. The quantitative estimate of drug-likeness (QED) is 0.772. The smallest absolute Gasteiger partial charge is 0.310 e. The molecule has 0 spiro atoms. The van der Waals surface area contributed by atoms with Gasteiger partial charge in [0.05, 0.1) is 38.0 Å². The molecule has 0 saturated carbocycles. The van der Waals surface area contributed by atoms with Crippen LogP contribution in [0.5, 0.6) is 5.75 Å². The van der Waals surface area contributed by atoms with Gasteiger partial charge >= 0.3 is 5.97 Å². The molecule has 1 aromatic heterocycles. The molecule has 0 amide bonds. The van der Waals surface area contributed by atoms with Gasteiger partial charge in [-0.3, -0.25) is 9.78 Å². The Morgan fingerprint density at radius 1 is 1.42 bits per heavy atom. The van der Waals surface area contributed by atoms with E-state index in [1.165, 1.54) is 7.11 Å². The van der Waals surface area contributed by atoms with Gasteiger partial charge < -0.3 is 19.9 Å². The number of aromatic nitrogens is 1. The second-order valence-corrected chi connectivity index (χ2v) is 6.76. The van der Waals surface area contributed by atoms with Crippen molar-refractivity contribution in [2.24, 2.45) is 11.8 Å². The number of ether oxygens (including phenoxy) is 2. The van der Waals surface area contributed by atoms with Gasteiger partial charge in [-0.05, 0) is 49.4 Å². The van der Waals surface area contributed by atoms with Gasteiger partial charge in [-0.1, -0.05) is 12.1 Å². The van der Waals surface area contributed by atoms with Gasteiger partial charge in [-0.15, -0.1) is 0 Å². The molecule has 6 nitrogen and oxygen atoms in total. The lowest BCUT2D eigenvalue weighted by Gasteiger charge is -2.30. The van der Waals surface area contributed by atoms with Gasteiger partial charge in [-0.2, -0.15) is 0 Å². The number of aliphatic hydroxyl groups is 1. The Morgan fingerprint density at radius 2 is 2.27 bits per heavy atom. The molecule has 1 fully saturated rings. The van der Waals surface area contributed by atoms with Crippen molar-refractivity contribution in [3.63, 3.8) is 0 Å². The van der Waals surface area contributed by atoms with Crippen molar-refractivity contribution >= 4 is 16.9 Å². The third-order valence-electron chi connectivity index (χ3n) is 5.27. The van der Waals surface area contributed by atoms with Crippen molar-refractivity contribution in [2.75, 3.05) is 27.3 Å². The van der Waals surface area contributed by atoms with Crippen molar-refractivity contribution < 1.29 is 19.4 Å². The van der Waals surface area contributed by atoms with Crippen molar-refractivity contribution in [3.8, 4) is 5.75 Å². The van der Waals surface area contributed by atoms with Crippen molar-refractivity contribution in [1.29, 1.82) is 0 Å². The number of pyridine rings is 1. The highest BCUT2D eigenvalue weighted by atomic mass is 16.5. The second-order valence-electron chi connectivity index (χ2n) is 6.76. The number of methoxy groups -OCH3 is 2. The van der Waals surface area contributed by atoms with E-state index >= 15 is 0 Å². The van der Waals surface area contributed by atoms with Crippen molar-refractivity contribution in [1.82, 2.24) is 10.3 Å².